The van der Waals surface area contributed by atoms with Crippen molar-refractivity contribution in [1.29, 1.82) is 0 Å². The molecular weight excluding hydrogens is 648 g/mol. The van der Waals surface area contributed by atoms with Crippen LogP contribution >= 0.6 is 0 Å². The van der Waals surface area contributed by atoms with Crippen LogP contribution in [0.1, 0.15) is 68.6 Å². The molecule has 0 aliphatic carbocycles. The van der Waals surface area contributed by atoms with Crippen molar-refractivity contribution in [1.82, 2.24) is 0 Å². The minimum Gasteiger partial charge on any atom is -0.508 e. The molecule has 6 aromatic carbocycles. The maximum Gasteiger partial charge on any atom is 0.135 e. The number of benzene rings is 6. The highest BCUT2D eigenvalue weighted by molar-refractivity contribution is 5.76. The van der Waals surface area contributed by atoms with E-state index in [2.05, 4.69) is 0 Å². The van der Waals surface area contributed by atoms with Crippen LogP contribution in [0.15, 0.2) is 115 Å². The molecule has 0 bridgehead atoms. The number of ether oxygens (including phenoxy) is 2. The number of aromatic hydroxyl groups is 7. The molecule has 0 spiro atoms. The minimum atomic E-state index is -0.694. The molecule has 4 atom stereocenters. The molecule has 6 aromatic rings. The fourth-order valence-electron chi connectivity index (χ4n) is 7.31. The lowest BCUT2D eigenvalue weighted by atomic mass is 9.75. The first-order chi connectivity index (χ1) is 24.6. The number of phenolic OH excluding ortho intramolecular Hbond substituents is 7. The van der Waals surface area contributed by atoms with Gasteiger partial charge in [0.1, 0.15) is 64.0 Å². The van der Waals surface area contributed by atoms with Crippen LogP contribution in [0.5, 0.6) is 51.7 Å². The summed E-state index contributed by atoms with van der Waals surface area (Å²) in [6.45, 7) is 0. The molecular formula is C42H32O9. The molecule has 2 heterocycles. The monoisotopic (exact) mass is 680 g/mol. The standard InChI is InChI=1S/C42H32O9/c43-27-9-2-22(3-10-27)1-4-25-15-32(48)20-35-37(25)40(42(50-35)24-7-13-29(45)14-8-24)34-19-33(49)21-36-39(34)38(26-16-30(46)18-31(47)17-26)41(51-36)23-5-11-28(44)12-6-23/h1-21,38,40-49H/b4-1-. The Hall–Kier alpha value is -6.74. The lowest BCUT2D eigenvalue weighted by Crippen LogP contribution is -2.16. The van der Waals surface area contributed by atoms with E-state index < -0.39 is 24.0 Å². The average Bonchev–Trinajstić information content (AvgIpc) is 3.67. The molecule has 9 heteroatoms. The van der Waals surface area contributed by atoms with Gasteiger partial charge in [0.05, 0.1) is 11.8 Å². The summed E-state index contributed by atoms with van der Waals surface area (Å²) < 4.78 is 13.3. The van der Waals surface area contributed by atoms with Gasteiger partial charge < -0.3 is 45.2 Å². The van der Waals surface area contributed by atoms with Gasteiger partial charge in [0.25, 0.3) is 0 Å². The number of hydrogen-bond donors (Lipinski definition) is 7. The lowest BCUT2D eigenvalue weighted by molar-refractivity contribution is 0.219. The summed E-state index contributed by atoms with van der Waals surface area (Å²) in [5, 5.41) is 73.4. The largest absolute Gasteiger partial charge is 0.508 e. The predicted molar refractivity (Wildman–Crippen MR) is 190 cm³/mol. The van der Waals surface area contributed by atoms with Gasteiger partial charge in [-0.05, 0) is 94.0 Å². The van der Waals surface area contributed by atoms with E-state index in [9.17, 15) is 35.7 Å². The summed E-state index contributed by atoms with van der Waals surface area (Å²) in [5.74, 6) is -0.504. The van der Waals surface area contributed by atoms with Gasteiger partial charge in [0.2, 0.25) is 0 Å². The van der Waals surface area contributed by atoms with Crippen LogP contribution in [-0.2, 0) is 0 Å². The van der Waals surface area contributed by atoms with E-state index in [0.29, 0.717) is 39.3 Å². The zero-order chi connectivity index (χ0) is 35.4. The summed E-state index contributed by atoms with van der Waals surface area (Å²) in [4.78, 5) is 0. The van der Waals surface area contributed by atoms with Crippen molar-refractivity contribution in [3.63, 3.8) is 0 Å². The first kappa shape index (κ1) is 31.5. The van der Waals surface area contributed by atoms with Crippen LogP contribution in [0, 0.1) is 0 Å². The topological polar surface area (TPSA) is 160 Å². The van der Waals surface area contributed by atoms with Crippen molar-refractivity contribution in [3.05, 3.63) is 160 Å². The van der Waals surface area contributed by atoms with E-state index in [1.54, 1.807) is 103 Å². The summed E-state index contributed by atoms with van der Waals surface area (Å²) in [6.07, 6.45) is 2.32. The summed E-state index contributed by atoms with van der Waals surface area (Å²) in [7, 11) is 0. The van der Waals surface area contributed by atoms with Gasteiger partial charge >= 0.3 is 0 Å². The molecule has 9 nitrogen and oxygen atoms in total. The Kier molecular flexibility index (Phi) is 7.60. The molecule has 4 unspecified atom stereocenters. The normalized spacial score (nSPS) is 19.0. The van der Waals surface area contributed by atoms with Crippen molar-refractivity contribution in [2.75, 3.05) is 0 Å². The van der Waals surface area contributed by atoms with E-state index in [-0.39, 0.29) is 40.2 Å². The number of phenols is 7. The second-order valence-electron chi connectivity index (χ2n) is 12.8. The minimum absolute atomic E-state index is 0.0193. The highest BCUT2D eigenvalue weighted by Gasteiger charge is 2.46. The Balaban J connectivity index is 1.37. The second-order valence-corrected chi connectivity index (χ2v) is 12.8. The van der Waals surface area contributed by atoms with Crippen LogP contribution in [0.4, 0.5) is 0 Å². The Morgan fingerprint density at radius 1 is 0.392 bits per heavy atom. The van der Waals surface area contributed by atoms with E-state index in [4.69, 9.17) is 9.47 Å². The molecule has 0 fully saturated rings. The van der Waals surface area contributed by atoms with Gasteiger partial charge in [-0.15, -0.1) is 0 Å². The van der Waals surface area contributed by atoms with Gasteiger partial charge in [0, 0.05) is 29.3 Å². The van der Waals surface area contributed by atoms with Gasteiger partial charge in [-0.1, -0.05) is 48.6 Å². The fraction of sp³-hybridized carbons (Fsp3) is 0.0952. The Bertz CT molecular complexity index is 2270. The molecule has 0 saturated carbocycles. The molecule has 8 rings (SSSR count). The molecule has 0 radical (unpaired) electrons. The van der Waals surface area contributed by atoms with E-state index >= 15 is 0 Å². The van der Waals surface area contributed by atoms with Gasteiger partial charge in [-0.3, -0.25) is 0 Å². The summed E-state index contributed by atoms with van der Waals surface area (Å²) in [6, 6.07) is 30.7. The first-order valence-electron chi connectivity index (χ1n) is 16.3. The molecule has 7 N–H and O–H groups in total. The van der Waals surface area contributed by atoms with Crippen molar-refractivity contribution < 1.29 is 45.2 Å². The smallest absolute Gasteiger partial charge is 0.135 e. The Labute approximate surface area is 292 Å². The molecule has 0 saturated heterocycles. The third-order valence-electron chi connectivity index (χ3n) is 9.46. The molecule has 2 aliphatic rings. The number of hydrogen-bond acceptors (Lipinski definition) is 9. The van der Waals surface area contributed by atoms with E-state index in [1.165, 1.54) is 12.1 Å². The lowest BCUT2D eigenvalue weighted by Gasteiger charge is -2.26. The van der Waals surface area contributed by atoms with Crippen molar-refractivity contribution in [2.24, 2.45) is 0 Å². The maximum atomic E-state index is 11.3. The Morgan fingerprint density at radius 2 is 0.863 bits per heavy atom. The highest BCUT2D eigenvalue weighted by Crippen LogP contribution is 2.59. The quantitative estimate of drug-likeness (QED) is 0.0858. The van der Waals surface area contributed by atoms with Crippen LogP contribution in [0.3, 0.4) is 0 Å². The van der Waals surface area contributed by atoms with Crippen LogP contribution in [-0.4, -0.2) is 35.7 Å². The average molecular weight is 681 g/mol. The highest BCUT2D eigenvalue weighted by atomic mass is 16.5. The number of fused-ring (bicyclic) bond motifs is 2. The van der Waals surface area contributed by atoms with E-state index in [0.717, 1.165) is 16.7 Å². The van der Waals surface area contributed by atoms with Crippen LogP contribution < -0.4 is 9.47 Å². The predicted octanol–water partition coefficient (Wildman–Crippen LogP) is 8.33. The third-order valence-corrected chi connectivity index (χ3v) is 9.46. The van der Waals surface area contributed by atoms with Crippen LogP contribution in [0.25, 0.3) is 12.2 Å². The van der Waals surface area contributed by atoms with Gasteiger partial charge in [0.15, 0.2) is 0 Å². The molecule has 0 amide bonds. The molecule has 254 valence electrons. The van der Waals surface area contributed by atoms with Crippen molar-refractivity contribution in [3.8, 4) is 51.7 Å². The summed E-state index contributed by atoms with van der Waals surface area (Å²) in [5.41, 5.74) is 5.48. The molecule has 51 heavy (non-hydrogen) atoms. The third kappa shape index (κ3) is 5.84. The molecule has 0 aromatic heterocycles. The fourth-order valence-corrected chi connectivity index (χ4v) is 7.31. The first-order valence-corrected chi connectivity index (χ1v) is 16.3. The van der Waals surface area contributed by atoms with Crippen LogP contribution in [0.2, 0.25) is 0 Å². The van der Waals surface area contributed by atoms with Crippen molar-refractivity contribution in [2.45, 2.75) is 24.0 Å². The zero-order valence-corrected chi connectivity index (χ0v) is 26.9. The second kappa shape index (κ2) is 12.3. The van der Waals surface area contributed by atoms with Gasteiger partial charge in [-0.2, -0.15) is 0 Å². The zero-order valence-electron chi connectivity index (χ0n) is 26.9. The maximum absolute atomic E-state index is 11.3. The summed E-state index contributed by atoms with van der Waals surface area (Å²) >= 11 is 0. The SMILES string of the molecule is Oc1ccc(/C=C\c2cc(O)cc3c2C(c2cc(O)cc4c2C(c2cc(O)cc(O)c2)C(c2ccc(O)cc2)O4)C(c2ccc(O)cc2)O3)cc1. The number of rotatable bonds is 6. The van der Waals surface area contributed by atoms with E-state index in [1.807, 2.05) is 12.2 Å². The van der Waals surface area contributed by atoms with Crippen molar-refractivity contribution >= 4 is 12.2 Å². The molecule has 2 aliphatic heterocycles. The van der Waals surface area contributed by atoms with Gasteiger partial charge in [-0.25, -0.2) is 0 Å². The Morgan fingerprint density at radius 3 is 1.43 bits per heavy atom.